The van der Waals surface area contributed by atoms with E-state index in [9.17, 15) is 0 Å². The molecule has 0 N–H and O–H groups in total. The van der Waals surface area contributed by atoms with Crippen molar-refractivity contribution in [2.24, 2.45) is 0 Å². The molecule has 9 aromatic rings. The smallest absolute Gasteiger partial charge is 0.0462 e. The van der Waals surface area contributed by atoms with Crippen molar-refractivity contribution in [2.45, 2.75) is 13.3 Å². The molecule has 0 radical (unpaired) electrons. The third-order valence-electron chi connectivity index (χ3n) is 10.8. The molecule has 58 heavy (non-hydrogen) atoms. The summed E-state index contributed by atoms with van der Waals surface area (Å²) in [6.07, 6.45) is 0.871. The average Bonchev–Trinajstić information content (AvgIpc) is 3.70. The van der Waals surface area contributed by atoms with Gasteiger partial charge in [-0.3, -0.25) is 0 Å². The Bertz CT molecular complexity index is 2710. The molecule has 3 heteroatoms. The highest BCUT2D eigenvalue weighted by molar-refractivity contribution is 7.20. The fraction of sp³-hybridized carbons (Fsp3) is 0.0545. The molecule has 280 valence electrons. The molecule has 0 aliphatic carbocycles. The molecule has 0 saturated carbocycles. The van der Waals surface area contributed by atoms with Gasteiger partial charge in [-0.25, -0.2) is 0 Å². The molecule has 0 bridgehead atoms. The number of benzene rings is 8. The minimum atomic E-state index is 0.871. The second kappa shape index (κ2) is 16.7. The predicted molar refractivity (Wildman–Crippen MR) is 249 cm³/mol. The summed E-state index contributed by atoms with van der Waals surface area (Å²) in [6.45, 7) is 2.15. The molecular formula is C55H44N2S. The first-order valence-electron chi connectivity index (χ1n) is 19.9. The molecule has 0 unspecified atom stereocenters. The predicted octanol–water partition coefficient (Wildman–Crippen LogP) is 15.6. The van der Waals surface area contributed by atoms with Crippen molar-refractivity contribution in [1.82, 2.24) is 0 Å². The normalized spacial score (nSPS) is 11.0. The van der Waals surface area contributed by atoms with E-state index in [1.54, 1.807) is 0 Å². The van der Waals surface area contributed by atoms with Crippen molar-refractivity contribution < 1.29 is 0 Å². The Hall–Kier alpha value is -6.94. The molecule has 0 atom stereocenters. The van der Waals surface area contributed by atoms with Gasteiger partial charge < -0.3 is 9.80 Å². The number of hydrogen-bond donors (Lipinski definition) is 0. The Morgan fingerprint density at radius 3 is 1.16 bits per heavy atom. The quantitative estimate of drug-likeness (QED) is 0.129. The van der Waals surface area contributed by atoms with Gasteiger partial charge in [-0.15, -0.1) is 11.3 Å². The maximum Gasteiger partial charge on any atom is 0.0462 e. The highest BCUT2D eigenvalue weighted by Crippen LogP contribution is 2.52. The average molecular weight is 765 g/mol. The van der Waals surface area contributed by atoms with Gasteiger partial charge in [-0.05, 0) is 107 Å². The van der Waals surface area contributed by atoms with Crippen molar-refractivity contribution >= 4 is 39.8 Å². The highest BCUT2D eigenvalue weighted by atomic mass is 32.1. The molecule has 0 saturated heterocycles. The molecule has 0 aliphatic rings. The number of aryl methyl sites for hydroxylation is 1. The zero-order valence-corrected chi connectivity index (χ0v) is 33.6. The number of thiophene rings is 1. The standard InChI is InChI=1S/C55H44N2S/c1-40-23-29-45(30-24-40)54-52(43-15-7-3-8-16-43)53(44-17-9-4-10-18-44)55(58-54)46-31-37-51(38-32-46)57(49-21-13-6-14-22-49)50-35-27-42(28-36-50)39-41-25-33-48(34-26-41)56(2)47-19-11-5-12-20-47/h3-38H,39H2,1-2H3. The zero-order chi connectivity index (χ0) is 39.3. The lowest BCUT2D eigenvalue weighted by atomic mass is 9.91. The number of para-hydroxylation sites is 2. The van der Waals surface area contributed by atoms with Crippen molar-refractivity contribution in [3.05, 3.63) is 235 Å². The Kier molecular flexibility index (Phi) is 10.5. The zero-order valence-electron chi connectivity index (χ0n) is 32.8. The summed E-state index contributed by atoms with van der Waals surface area (Å²) in [6, 6.07) is 78.9. The topological polar surface area (TPSA) is 6.48 Å². The lowest BCUT2D eigenvalue weighted by Crippen LogP contribution is -2.10. The number of nitrogens with zero attached hydrogens (tertiary/aromatic N) is 2. The molecule has 1 heterocycles. The van der Waals surface area contributed by atoms with E-state index in [1.807, 2.05) is 11.3 Å². The Balaban J connectivity index is 1.05. The molecule has 2 nitrogen and oxygen atoms in total. The second-order valence-corrected chi connectivity index (χ2v) is 15.8. The summed E-state index contributed by atoms with van der Waals surface area (Å²) in [4.78, 5) is 7.12. The molecule has 1 aromatic heterocycles. The minimum Gasteiger partial charge on any atom is -0.345 e. The van der Waals surface area contributed by atoms with Crippen LogP contribution in [0, 0.1) is 6.92 Å². The van der Waals surface area contributed by atoms with Gasteiger partial charge >= 0.3 is 0 Å². The van der Waals surface area contributed by atoms with Crippen molar-refractivity contribution in [1.29, 1.82) is 0 Å². The van der Waals surface area contributed by atoms with E-state index in [-0.39, 0.29) is 0 Å². The first-order valence-corrected chi connectivity index (χ1v) is 20.7. The van der Waals surface area contributed by atoms with Crippen LogP contribution in [0.5, 0.6) is 0 Å². The summed E-state index contributed by atoms with van der Waals surface area (Å²) in [7, 11) is 2.11. The third kappa shape index (κ3) is 7.73. The van der Waals surface area contributed by atoms with Gasteiger partial charge in [0.05, 0.1) is 0 Å². The number of rotatable bonds is 11. The van der Waals surface area contributed by atoms with E-state index in [0.29, 0.717) is 0 Å². The monoisotopic (exact) mass is 764 g/mol. The molecule has 0 spiro atoms. The Morgan fingerprint density at radius 2 is 0.690 bits per heavy atom. The molecule has 0 fully saturated rings. The maximum absolute atomic E-state index is 2.35. The van der Waals surface area contributed by atoms with Crippen LogP contribution in [0.2, 0.25) is 0 Å². The highest BCUT2D eigenvalue weighted by Gasteiger charge is 2.23. The van der Waals surface area contributed by atoms with E-state index < -0.39 is 0 Å². The van der Waals surface area contributed by atoms with Crippen molar-refractivity contribution in [3.8, 4) is 43.1 Å². The van der Waals surface area contributed by atoms with E-state index in [1.165, 1.54) is 71.2 Å². The summed E-state index contributed by atoms with van der Waals surface area (Å²) in [5.74, 6) is 0. The maximum atomic E-state index is 2.35. The fourth-order valence-electron chi connectivity index (χ4n) is 7.73. The summed E-state index contributed by atoms with van der Waals surface area (Å²) < 4.78 is 0. The van der Waals surface area contributed by atoms with Gasteiger partial charge in [0.25, 0.3) is 0 Å². The Morgan fingerprint density at radius 1 is 0.345 bits per heavy atom. The SMILES string of the molecule is Cc1ccc(-c2sc(-c3ccc(N(c4ccccc4)c4ccc(Cc5ccc(N(C)c6ccccc6)cc5)cc4)cc3)c(-c3ccccc3)c2-c2ccccc2)cc1. The van der Waals surface area contributed by atoms with E-state index in [2.05, 4.69) is 242 Å². The summed E-state index contributed by atoms with van der Waals surface area (Å²) in [5, 5.41) is 0. The molecular weight excluding hydrogens is 721 g/mol. The van der Waals surface area contributed by atoms with Crippen molar-refractivity contribution in [2.75, 3.05) is 16.8 Å². The van der Waals surface area contributed by atoms with Gasteiger partial charge in [-0.1, -0.05) is 163 Å². The van der Waals surface area contributed by atoms with Crippen LogP contribution < -0.4 is 9.80 Å². The van der Waals surface area contributed by atoms with E-state index >= 15 is 0 Å². The third-order valence-corrected chi connectivity index (χ3v) is 12.1. The number of hydrogen-bond acceptors (Lipinski definition) is 3. The van der Waals surface area contributed by atoms with Gasteiger partial charge in [0.2, 0.25) is 0 Å². The summed E-state index contributed by atoms with van der Waals surface area (Å²) in [5.41, 5.74) is 17.0. The van der Waals surface area contributed by atoms with Crippen LogP contribution >= 0.6 is 11.3 Å². The Labute approximate surface area is 346 Å². The van der Waals surface area contributed by atoms with Crippen LogP contribution in [0.3, 0.4) is 0 Å². The largest absolute Gasteiger partial charge is 0.345 e. The lowest BCUT2D eigenvalue weighted by Gasteiger charge is -2.26. The number of anilines is 5. The first-order chi connectivity index (χ1) is 28.6. The van der Waals surface area contributed by atoms with Crippen LogP contribution in [0.15, 0.2) is 218 Å². The van der Waals surface area contributed by atoms with Gasteiger partial charge in [0.1, 0.15) is 0 Å². The molecule has 9 rings (SSSR count). The second-order valence-electron chi connectivity index (χ2n) is 14.7. The van der Waals surface area contributed by atoms with Crippen LogP contribution in [-0.4, -0.2) is 7.05 Å². The molecule has 0 amide bonds. The van der Waals surface area contributed by atoms with Gasteiger partial charge in [0, 0.05) is 56.4 Å². The molecule has 0 aliphatic heterocycles. The first kappa shape index (κ1) is 36.7. The van der Waals surface area contributed by atoms with Crippen LogP contribution in [0.4, 0.5) is 28.4 Å². The van der Waals surface area contributed by atoms with Crippen LogP contribution in [-0.2, 0) is 6.42 Å². The van der Waals surface area contributed by atoms with Crippen LogP contribution in [0.1, 0.15) is 16.7 Å². The van der Waals surface area contributed by atoms with Gasteiger partial charge in [0.15, 0.2) is 0 Å². The van der Waals surface area contributed by atoms with E-state index in [4.69, 9.17) is 0 Å². The summed E-state index contributed by atoms with van der Waals surface area (Å²) >= 11 is 1.88. The van der Waals surface area contributed by atoms with Crippen molar-refractivity contribution in [3.63, 3.8) is 0 Å². The molecule has 8 aromatic carbocycles. The van der Waals surface area contributed by atoms with Gasteiger partial charge in [-0.2, -0.15) is 0 Å². The minimum absolute atomic E-state index is 0.871. The van der Waals surface area contributed by atoms with Crippen LogP contribution in [0.25, 0.3) is 43.1 Å². The van der Waals surface area contributed by atoms with E-state index in [0.717, 1.165) is 23.5 Å². The lowest BCUT2D eigenvalue weighted by molar-refractivity contribution is 1.16. The fourth-order valence-corrected chi connectivity index (χ4v) is 9.08.